The Balaban J connectivity index is 3.23. The molecule has 0 amide bonds. The van der Waals surface area contributed by atoms with Gasteiger partial charge in [0.25, 0.3) is 0 Å². The Kier molecular flexibility index (Phi) is 4.27. The first kappa shape index (κ1) is 12.5. The van der Waals surface area contributed by atoms with E-state index in [0.717, 1.165) is 6.07 Å². The standard InChI is InChI=1S/C12H14FNO2/c1-8(2)11-5-10(13)4-9(6-14)12(11)16-7-15-3/h4-5,8H,7H2,1-3H3. The summed E-state index contributed by atoms with van der Waals surface area (Å²) in [4.78, 5) is 0. The van der Waals surface area contributed by atoms with Crippen LogP contribution in [0.25, 0.3) is 0 Å². The van der Waals surface area contributed by atoms with E-state index in [1.54, 1.807) is 0 Å². The zero-order chi connectivity index (χ0) is 12.1. The molecule has 0 spiro atoms. The molecule has 0 saturated carbocycles. The lowest BCUT2D eigenvalue weighted by molar-refractivity contribution is 0.0500. The lowest BCUT2D eigenvalue weighted by atomic mass is 9.99. The van der Waals surface area contributed by atoms with Crippen LogP contribution in [0.2, 0.25) is 0 Å². The van der Waals surface area contributed by atoms with E-state index in [9.17, 15) is 4.39 Å². The van der Waals surface area contributed by atoms with E-state index in [1.165, 1.54) is 13.2 Å². The van der Waals surface area contributed by atoms with Crippen molar-refractivity contribution < 1.29 is 13.9 Å². The van der Waals surface area contributed by atoms with E-state index in [-0.39, 0.29) is 18.3 Å². The molecule has 0 unspecified atom stereocenters. The van der Waals surface area contributed by atoms with Gasteiger partial charge < -0.3 is 9.47 Å². The molecule has 0 aliphatic carbocycles. The minimum atomic E-state index is -0.426. The highest BCUT2D eigenvalue weighted by Crippen LogP contribution is 2.31. The molecular weight excluding hydrogens is 209 g/mol. The van der Waals surface area contributed by atoms with Gasteiger partial charge in [-0.2, -0.15) is 5.26 Å². The Morgan fingerprint density at radius 1 is 1.44 bits per heavy atom. The van der Waals surface area contributed by atoms with Gasteiger partial charge in [-0.05, 0) is 18.1 Å². The lowest BCUT2D eigenvalue weighted by Gasteiger charge is -2.14. The minimum absolute atomic E-state index is 0.0417. The SMILES string of the molecule is COCOc1c(C#N)cc(F)cc1C(C)C. The molecule has 0 saturated heterocycles. The van der Waals surface area contributed by atoms with Crippen LogP contribution >= 0.6 is 0 Å². The molecule has 3 nitrogen and oxygen atoms in total. The highest BCUT2D eigenvalue weighted by atomic mass is 19.1. The predicted molar refractivity (Wildman–Crippen MR) is 57.7 cm³/mol. The average Bonchev–Trinajstić information content (AvgIpc) is 2.26. The van der Waals surface area contributed by atoms with E-state index in [2.05, 4.69) is 0 Å². The number of nitriles is 1. The van der Waals surface area contributed by atoms with Gasteiger partial charge in [0, 0.05) is 12.7 Å². The fraction of sp³-hybridized carbons (Fsp3) is 0.417. The predicted octanol–water partition coefficient (Wildman–Crippen LogP) is 2.80. The molecule has 0 aliphatic rings. The van der Waals surface area contributed by atoms with Gasteiger partial charge in [-0.3, -0.25) is 0 Å². The highest BCUT2D eigenvalue weighted by molar-refractivity contribution is 5.50. The van der Waals surface area contributed by atoms with Gasteiger partial charge in [-0.15, -0.1) is 0 Å². The number of nitrogens with zero attached hydrogens (tertiary/aromatic N) is 1. The smallest absolute Gasteiger partial charge is 0.188 e. The highest BCUT2D eigenvalue weighted by Gasteiger charge is 2.15. The van der Waals surface area contributed by atoms with Gasteiger partial charge in [0.2, 0.25) is 0 Å². The molecule has 0 N–H and O–H groups in total. The molecule has 86 valence electrons. The van der Waals surface area contributed by atoms with Crippen LogP contribution in [0.5, 0.6) is 5.75 Å². The first-order valence-electron chi connectivity index (χ1n) is 4.95. The monoisotopic (exact) mass is 223 g/mol. The number of methoxy groups -OCH3 is 1. The Morgan fingerprint density at radius 3 is 2.62 bits per heavy atom. The number of ether oxygens (including phenoxy) is 2. The van der Waals surface area contributed by atoms with E-state index in [1.807, 2.05) is 19.9 Å². The van der Waals surface area contributed by atoms with Crippen LogP contribution in [-0.2, 0) is 4.74 Å². The van der Waals surface area contributed by atoms with Crippen LogP contribution in [0.4, 0.5) is 4.39 Å². The fourth-order valence-corrected chi connectivity index (χ4v) is 1.41. The van der Waals surface area contributed by atoms with Crippen molar-refractivity contribution in [3.63, 3.8) is 0 Å². The molecule has 0 bridgehead atoms. The molecule has 1 rings (SSSR count). The second-order valence-electron chi connectivity index (χ2n) is 3.69. The number of rotatable bonds is 4. The largest absolute Gasteiger partial charge is 0.466 e. The molecule has 0 atom stereocenters. The first-order valence-corrected chi connectivity index (χ1v) is 4.95. The second kappa shape index (κ2) is 5.47. The van der Waals surface area contributed by atoms with Crippen molar-refractivity contribution in [1.29, 1.82) is 5.26 Å². The number of benzene rings is 1. The van der Waals surface area contributed by atoms with Crippen molar-refractivity contribution >= 4 is 0 Å². The molecule has 4 heteroatoms. The topological polar surface area (TPSA) is 42.2 Å². The van der Waals surface area contributed by atoms with Crippen molar-refractivity contribution in [2.24, 2.45) is 0 Å². The Morgan fingerprint density at radius 2 is 2.12 bits per heavy atom. The molecule has 1 aromatic carbocycles. The van der Waals surface area contributed by atoms with Crippen LogP contribution in [0.1, 0.15) is 30.9 Å². The summed E-state index contributed by atoms with van der Waals surface area (Å²) >= 11 is 0. The van der Waals surface area contributed by atoms with E-state index >= 15 is 0 Å². The molecule has 16 heavy (non-hydrogen) atoms. The summed E-state index contributed by atoms with van der Waals surface area (Å²) in [7, 11) is 1.49. The Hall–Kier alpha value is -1.60. The van der Waals surface area contributed by atoms with Crippen LogP contribution in [0.15, 0.2) is 12.1 Å². The van der Waals surface area contributed by atoms with E-state index in [4.69, 9.17) is 14.7 Å². The summed E-state index contributed by atoms with van der Waals surface area (Å²) in [5.74, 6) is 0.0559. The number of hydrogen-bond acceptors (Lipinski definition) is 3. The third-order valence-electron chi connectivity index (χ3n) is 2.15. The van der Waals surface area contributed by atoms with Crippen molar-refractivity contribution in [2.75, 3.05) is 13.9 Å². The van der Waals surface area contributed by atoms with Crippen molar-refractivity contribution in [3.8, 4) is 11.8 Å². The number of hydrogen-bond donors (Lipinski definition) is 0. The third-order valence-corrected chi connectivity index (χ3v) is 2.15. The van der Waals surface area contributed by atoms with Crippen LogP contribution in [-0.4, -0.2) is 13.9 Å². The summed E-state index contributed by atoms with van der Waals surface area (Å²) in [6, 6.07) is 4.47. The summed E-state index contributed by atoms with van der Waals surface area (Å²) < 4.78 is 23.3. The van der Waals surface area contributed by atoms with E-state index in [0.29, 0.717) is 11.3 Å². The van der Waals surface area contributed by atoms with Gasteiger partial charge >= 0.3 is 0 Å². The number of halogens is 1. The lowest BCUT2D eigenvalue weighted by Crippen LogP contribution is -2.05. The molecule has 0 fully saturated rings. The molecule has 0 heterocycles. The molecule has 0 aromatic heterocycles. The molecule has 1 aromatic rings. The van der Waals surface area contributed by atoms with Gasteiger partial charge in [-0.25, -0.2) is 4.39 Å². The van der Waals surface area contributed by atoms with Crippen LogP contribution in [0, 0.1) is 17.1 Å². The van der Waals surface area contributed by atoms with Crippen LogP contribution < -0.4 is 4.74 Å². The van der Waals surface area contributed by atoms with Crippen molar-refractivity contribution in [2.45, 2.75) is 19.8 Å². The van der Waals surface area contributed by atoms with Crippen molar-refractivity contribution in [3.05, 3.63) is 29.1 Å². The molecule has 0 aliphatic heterocycles. The van der Waals surface area contributed by atoms with Crippen molar-refractivity contribution in [1.82, 2.24) is 0 Å². The average molecular weight is 223 g/mol. The maximum Gasteiger partial charge on any atom is 0.188 e. The third kappa shape index (κ3) is 2.71. The summed E-state index contributed by atoms with van der Waals surface area (Å²) in [5, 5.41) is 8.91. The van der Waals surface area contributed by atoms with Crippen LogP contribution in [0.3, 0.4) is 0 Å². The molecular formula is C12H14FNO2. The normalized spacial score (nSPS) is 10.2. The van der Waals surface area contributed by atoms with Gasteiger partial charge in [-0.1, -0.05) is 13.8 Å². The maximum absolute atomic E-state index is 13.2. The maximum atomic E-state index is 13.2. The zero-order valence-corrected chi connectivity index (χ0v) is 9.58. The fourth-order valence-electron chi connectivity index (χ4n) is 1.41. The zero-order valence-electron chi connectivity index (χ0n) is 9.58. The quantitative estimate of drug-likeness (QED) is 0.737. The second-order valence-corrected chi connectivity index (χ2v) is 3.69. The van der Waals surface area contributed by atoms with Gasteiger partial charge in [0.1, 0.15) is 17.6 Å². The molecule has 0 radical (unpaired) electrons. The Labute approximate surface area is 94.4 Å². The first-order chi connectivity index (χ1) is 7.60. The van der Waals surface area contributed by atoms with E-state index < -0.39 is 5.82 Å². The Bertz CT molecular complexity index is 410. The summed E-state index contributed by atoms with van der Waals surface area (Å²) in [6.07, 6.45) is 0. The summed E-state index contributed by atoms with van der Waals surface area (Å²) in [6.45, 7) is 3.87. The minimum Gasteiger partial charge on any atom is -0.466 e. The van der Waals surface area contributed by atoms with Gasteiger partial charge in [0.15, 0.2) is 6.79 Å². The summed E-state index contributed by atoms with van der Waals surface area (Å²) in [5.41, 5.74) is 0.870. The van der Waals surface area contributed by atoms with Gasteiger partial charge in [0.05, 0.1) is 5.56 Å².